The molecule has 1 aliphatic rings. The second-order valence-corrected chi connectivity index (χ2v) is 6.87. The molecule has 152 valence electrons. The van der Waals surface area contributed by atoms with Crippen molar-refractivity contribution in [3.63, 3.8) is 0 Å². The number of ketones is 1. The summed E-state index contributed by atoms with van der Waals surface area (Å²) in [6.45, 7) is -0.301. The van der Waals surface area contributed by atoms with Crippen molar-refractivity contribution in [3.8, 4) is 0 Å². The van der Waals surface area contributed by atoms with Gasteiger partial charge in [0, 0.05) is 6.20 Å². The number of benzene rings is 1. The number of tetrazole rings is 1. The Labute approximate surface area is 169 Å². The van der Waals surface area contributed by atoms with Crippen molar-refractivity contribution in [2.75, 3.05) is 10.8 Å². The smallest absolute Gasteiger partial charge is 0.408 e. The molecular formula is C17H18N6O5S. The summed E-state index contributed by atoms with van der Waals surface area (Å²) >= 11 is 1.54. The van der Waals surface area contributed by atoms with Gasteiger partial charge in [0.05, 0.1) is 12.3 Å². The van der Waals surface area contributed by atoms with Crippen LogP contribution in [-0.2, 0) is 27.5 Å². The Balaban J connectivity index is 1.61. The van der Waals surface area contributed by atoms with Gasteiger partial charge >= 0.3 is 12.1 Å². The highest BCUT2D eigenvalue weighted by Crippen LogP contribution is 2.21. The number of nitrogens with one attached hydrogen (secondary N) is 1. The van der Waals surface area contributed by atoms with Crippen molar-refractivity contribution in [2.45, 2.75) is 25.6 Å². The van der Waals surface area contributed by atoms with Gasteiger partial charge in [-0.05, 0) is 21.4 Å². The molecule has 0 radical (unpaired) electrons. The molecule has 0 saturated heterocycles. The first-order valence-corrected chi connectivity index (χ1v) is 9.60. The zero-order chi connectivity index (χ0) is 20.6. The van der Waals surface area contributed by atoms with Gasteiger partial charge in [0.15, 0.2) is 5.78 Å². The largest absolute Gasteiger partial charge is 0.481 e. The number of alkyl carbamates (subject to hydrolysis) is 1. The van der Waals surface area contributed by atoms with Crippen molar-refractivity contribution in [1.82, 2.24) is 25.5 Å². The standard InChI is InChI=1S/C17H18N6O5S/c24-14(9-23-16(19-20-21-23)22-6-7-29-11-22)13(8-15(25)26)18-17(27)28-10-12-4-2-1-3-5-12/h1-7,13H,8-11H2,(H,18,27)(H,25,26). The second kappa shape index (κ2) is 9.68. The first kappa shape index (κ1) is 20.3. The van der Waals surface area contributed by atoms with E-state index in [-0.39, 0.29) is 13.2 Å². The van der Waals surface area contributed by atoms with E-state index in [9.17, 15) is 14.4 Å². The number of Topliss-reactive ketones (excluding diaryl/α,β-unsaturated/α-hetero) is 1. The van der Waals surface area contributed by atoms with Crippen LogP contribution in [0.1, 0.15) is 12.0 Å². The molecule has 1 amide bonds. The van der Waals surface area contributed by atoms with E-state index in [1.54, 1.807) is 35.4 Å². The van der Waals surface area contributed by atoms with Crippen molar-refractivity contribution in [3.05, 3.63) is 47.5 Å². The minimum Gasteiger partial charge on any atom is -0.481 e. The van der Waals surface area contributed by atoms with Gasteiger partial charge < -0.3 is 20.1 Å². The van der Waals surface area contributed by atoms with Gasteiger partial charge in [0.2, 0.25) is 0 Å². The maximum Gasteiger partial charge on any atom is 0.408 e. The van der Waals surface area contributed by atoms with Crippen molar-refractivity contribution in [1.29, 1.82) is 0 Å². The Hall–Kier alpha value is -3.41. The van der Waals surface area contributed by atoms with Crippen LogP contribution >= 0.6 is 11.8 Å². The highest BCUT2D eigenvalue weighted by molar-refractivity contribution is 8.02. The summed E-state index contributed by atoms with van der Waals surface area (Å²) in [6, 6.07) is 7.69. The van der Waals surface area contributed by atoms with E-state index in [1.807, 2.05) is 11.5 Å². The number of anilines is 1. The number of carbonyl (C=O) groups excluding carboxylic acids is 2. The number of hydrogen-bond acceptors (Lipinski definition) is 9. The van der Waals surface area contributed by atoms with Crippen LogP contribution in [-0.4, -0.2) is 55.1 Å². The van der Waals surface area contributed by atoms with Crippen LogP contribution in [0.2, 0.25) is 0 Å². The molecule has 2 aromatic rings. The predicted octanol–water partition coefficient (Wildman–Crippen LogP) is 0.994. The lowest BCUT2D eigenvalue weighted by molar-refractivity contribution is -0.139. The molecule has 3 rings (SSSR count). The lowest BCUT2D eigenvalue weighted by atomic mass is 10.1. The number of ether oxygens (including phenoxy) is 1. The fourth-order valence-corrected chi connectivity index (χ4v) is 3.18. The average molecular weight is 418 g/mol. The minimum atomic E-state index is -1.28. The zero-order valence-electron chi connectivity index (χ0n) is 15.2. The lowest BCUT2D eigenvalue weighted by Gasteiger charge is -2.17. The molecule has 1 aromatic carbocycles. The Kier molecular flexibility index (Phi) is 6.79. The molecule has 0 spiro atoms. The maximum atomic E-state index is 12.6. The van der Waals surface area contributed by atoms with Crippen molar-refractivity contribution >= 4 is 35.6 Å². The molecule has 0 aliphatic carbocycles. The number of nitrogens with zero attached hydrogens (tertiary/aromatic N) is 5. The van der Waals surface area contributed by atoms with E-state index in [4.69, 9.17) is 9.84 Å². The first-order valence-electron chi connectivity index (χ1n) is 8.55. The molecule has 11 nitrogen and oxygen atoms in total. The number of hydrogen-bond donors (Lipinski definition) is 2. The fraction of sp³-hybridized carbons (Fsp3) is 0.294. The molecule has 29 heavy (non-hydrogen) atoms. The molecule has 0 bridgehead atoms. The summed E-state index contributed by atoms with van der Waals surface area (Å²) < 4.78 is 6.32. The molecule has 1 unspecified atom stereocenters. The minimum absolute atomic E-state index is 0.00321. The molecule has 0 fully saturated rings. The topological polar surface area (TPSA) is 140 Å². The number of amides is 1. The lowest BCUT2D eigenvalue weighted by Crippen LogP contribution is -2.44. The monoisotopic (exact) mass is 418 g/mol. The molecular weight excluding hydrogens is 400 g/mol. The number of aromatic nitrogens is 4. The summed E-state index contributed by atoms with van der Waals surface area (Å²) in [5.41, 5.74) is 0.763. The number of carboxylic acids is 1. The van der Waals surface area contributed by atoms with Gasteiger partial charge in [-0.2, -0.15) is 0 Å². The van der Waals surface area contributed by atoms with Gasteiger partial charge in [-0.3, -0.25) is 9.59 Å². The van der Waals surface area contributed by atoms with E-state index in [1.165, 1.54) is 16.4 Å². The van der Waals surface area contributed by atoms with E-state index < -0.39 is 30.3 Å². The summed E-state index contributed by atoms with van der Waals surface area (Å²) in [5, 5.41) is 24.5. The number of carboxylic acid groups (broad SMARTS) is 1. The van der Waals surface area contributed by atoms with Crippen LogP contribution in [0.5, 0.6) is 0 Å². The van der Waals surface area contributed by atoms with Crippen LogP contribution < -0.4 is 10.2 Å². The van der Waals surface area contributed by atoms with Gasteiger partial charge in [-0.15, -0.1) is 11.8 Å². The Morgan fingerprint density at radius 1 is 1.28 bits per heavy atom. The van der Waals surface area contributed by atoms with Crippen LogP contribution in [0.4, 0.5) is 10.7 Å². The van der Waals surface area contributed by atoms with Crippen LogP contribution in [0.15, 0.2) is 41.9 Å². The number of rotatable bonds is 9. The van der Waals surface area contributed by atoms with Gasteiger partial charge in [0.25, 0.3) is 5.95 Å². The van der Waals surface area contributed by atoms with Crippen molar-refractivity contribution < 1.29 is 24.2 Å². The Morgan fingerprint density at radius 2 is 2.07 bits per heavy atom. The third-order valence-electron chi connectivity index (χ3n) is 3.90. The Morgan fingerprint density at radius 3 is 2.76 bits per heavy atom. The third kappa shape index (κ3) is 5.78. The number of carbonyl (C=O) groups is 3. The first-order chi connectivity index (χ1) is 14.0. The predicted molar refractivity (Wildman–Crippen MR) is 103 cm³/mol. The second-order valence-electron chi connectivity index (χ2n) is 6.01. The highest BCUT2D eigenvalue weighted by atomic mass is 32.2. The average Bonchev–Trinajstić information content (AvgIpc) is 3.38. The maximum absolute atomic E-state index is 12.6. The normalized spacial score (nSPS) is 13.9. The SMILES string of the molecule is O=C(O)CC(NC(=O)OCc1ccccc1)C(=O)Cn1nnnc1N1C=CSC1. The van der Waals surface area contributed by atoms with E-state index >= 15 is 0 Å². The highest BCUT2D eigenvalue weighted by Gasteiger charge is 2.27. The molecule has 2 N–H and O–H groups in total. The molecule has 12 heteroatoms. The molecule has 1 aromatic heterocycles. The van der Waals surface area contributed by atoms with Crippen LogP contribution in [0.25, 0.3) is 0 Å². The van der Waals surface area contributed by atoms with Gasteiger partial charge in [0.1, 0.15) is 19.2 Å². The summed E-state index contributed by atoms with van der Waals surface area (Å²) in [5.74, 6) is -0.853. The van der Waals surface area contributed by atoms with Crippen LogP contribution in [0.3, 0.4) is 0 Å². The van der Waals surface area contributed by atoms with E-state index in [0.29, 0.717) is 11.8 Å². The molecule has 2 heterocycles. The van der Waals surface area contributed by atoms with Gasteiger partial charge in [-0.1, -0.05) is 35.4 Å². The van der Waals surface area contributed by atoms with Gasteiger partial charge in [-0.25, -0.2) is 9.48 Å². The summed E-state index contributed by atoms with van der Waals surface area (Å²) in [6.07, 6.45) is 0.297. The fourth-order valence-electron chi connectivity index (χ4n) is 2.50. The van der Waals surface area contributed by atoms with Crippen molar-refractivity contribution in [2.24, 2.45) is 0 Å². The molecule has 1 aliphatic heterocycles. The number of aliphatic carboxylic acids is 1. The summed E-state index contributed by atoms with van der Waals surface area (Å²) in [4.78, 5) is 37.6. The third-order valence-corrected chi connectivity index (χ3v) is 4.64. The number of thioether (sulfide) groups is 1. The summed E-state index contributed by atoms with van der Waals surface area (Å²) in [7, 11) is 0. The van der Waals surface area contributed by atoms with Crippen LogP contribution in [0, 0.1) is 0 Å². The zero-order valence-corrected chi connectivity index (χ0v) is 16.0. The molecule has 0 saturated carbocycles. The van der Waals surface area contributed by atoms with E-state index in [0.717, 1.165) is 5.56 Å². The quantitative estimate of drug-likeness (QED) is 0.606. The van der Waals surface area contributed by atoms with E-state index in [2.05, 4.69) is 20.8 Å². The Bertz CT molecular complexity index is 903. The molecule has 1 atom stereocenters.